The van der Waals surface area contributed by atoms with Gasteiger partial charge in [0.05, 0.1) is 5.75 Å². The number of nitrogens with one attached hydrogen (secondary N) is 1. The Kier molecular flexibility index (Phi) is 4.65. The first-order valence-corrected chi connectivity index (χ1v) is 8.05. The van der Waals surface area contributed by atoms with Crippen molar-refractivity contribution >= 4 is 27.3 Å². The van der Waals surface area contributed by atoms with Crippen LogP contribution in [0.3, 0.4) is 0 Å². The van der Waals surface area contributed by atoms with Crippen LogP contribution in [-0.4, -0.2) is 8.42 Å². The van der Waals surface area contributed by atoms with Crippen molar-refractivity contribution in [1.29, 1.82) is 0 Å². The van der Waals surface area contributed by atoms with Crippen molar-refractivity contribution < 1.29 is 8.42 Å². The zero-order valence-corrected chi connectivity index (χ0v) is 12.3. The minimum absolute atomic E-state index is 0.104. The zero-order chi connectivity index (χ0) is 14.6. The lowest BCUT2D eigenvalue weighted by molar-refractivity contribution is 0.600. The highest BCUT2D eigenvalue weighted by Crippen LogP contribution is 2.18. The Labute approximate surface area is 123 Å². The second kappa shape index (κ2) is 6.26. The van der Waals surface area contributed by atoms with E-state index in [-0.39, 0.29) is 5.75 Å². The van der Waals surface area contributed by atoms with Gasteiger partial charge in [-0.2, -0.15) is 0 Å². The number of nitrogens with two attached hydrogens (primary N) is 1. The van der Waals surface area contributed by atoms with E-state index in [1.807, 2.05) is 6.07 Å². The molecule has 2 rings (SSSR count). The number of halogens is 1. The third-order valence-electron chi connectivity index (χ3n) is 2.68. The minimum atomic E-state index is -3.48. The normalized spacial score (nSPS) is 11.3. The molecule has 0 aliphatic rings. The lowest BCUT2D eigenvalue weighted by Crippen LogP contribution is -2.15. The monoisotopic (exact) mass is 310 g/mol. The summed E-state index contributed by atoms with van der Waals surface area (Å²) in [6.45, 7) is 0.385. The molecule has 0 spiro atoms. The Morgan fingerprint density at radius 2 is 1.75 bits per heavy atom. The Balaban J connectivity index is 2.14. The number of sulfonamides is 1. The van der Waals surface area contributed by atoms with Crippen LogP contribution in [0.5, 0.6) is 0 Å². The fourth-order valence-electron chi connectivity index (χ4n) is 1.83. The SMILES string of the molecule is NCc1cccc(CS(=O)(=O)Nc2cccc(Cl)c2)c1. The van der Waals surface area contributed by atoms with Gasteiger partial charge in [0.15, 0.2) is 0 Å². The van der Waals surface area contributed by atoms with Gasteiger partial charge in [-0.3, -0.25) is 4.72 Å². The average molecular weight is 311 g/mol. The number of hydrogen-bond acceptors (Lipinski definition) is 3. The summed E-state index contributed by atoms with van der Waals surface area (Å²) in [7, 11) is -3.48. The summed E-state index contributed by atoms with van der Waals surface area (Å²) < 4.78 is 26.7. The molecule has 2 aromatic carbocycles. The van der Waals surface area contributed by atoms with Crippen molar-refractivity contribution in [2.75, 3.05) is 4.72 Å². The molecule has 106 valence electrons. The fourth-order valence-corrected chi connectivity index (χ4v) is 3.20. The van der Waals surface area contributed by atoms with Crippen molar-refractivity contribution in [3.05, 3.63) is 64.7 Å². The maximum atomic E-state index is 12.1. The molecule has 0 amide bonds. The van der Waals surface area contributed by atoms with E-state index in [2.05, 4.69) is 4.72 Å². The predicted molar refractivity (Wildman–Crippen MR) is 82.0 cm³/mol. The van der Waals surface area contributed by atoms with Crippen LogP contribution in [0, 0.1) is 0 Å². The Hall–Kier alpha value is -1.56. The molecule has 0 bridgehead atoms. The molecular formula is C14H15ClN2O2S. The number of benzene rings is 2. The van der Waals surface area contributed by atoms with Crippen LogP contribution in [0.4, 0.5) is 5.69 Å². The molecule has 3 N–H and O–H groups in total. The van der Waals surface area contributed by atoms with E-state index in [4.69, 9.17) is 17.3 Å². The fraction of sp³-hybridized carbons (Fsp3) is 0.143. The summed E-state index contributed by atoms with van der Waals surface area (Å²) in [5, 5.41) is 0.482. The zero-order valence-electron chi connectivity index (χ0n) is 10.7. The van der Waals surface area contributed by atoms with Crippen molar-refractivity contribution in [2.45, 2.75) is 12.3 Å². The molecule has 0 atom stereocenters. The highest BCUT2D eigenvalue weighted by molar-refractivity contribution is 7.91. The van der Waals surface area contributed by atoms with Gasteiger partial charge >= 0.3 is 0 Å². The largest absolute Gasteiger partial charge is 0.326 e. The van der Waals surface area contributed by atoms with E-state index in [0.717, 1.165) is 5.56 Å². The molecule has 4 nitrogen and oxygen atoms in total. The van der Waals surface area contributed by atoms with Crippen LogP contribution >= 0.6 is 11.6 Å². The second-order valence-corrected chi connectivity index (χ2v) is 6.55. The van der Waals surface area contributed by atoms with Crippen LogP contribution in [0.1, 0.15) is 11.1 Å². The molecule has 0 fully saturated rings. The van der Waals surface area contributed by atoms with Gasteiger partial charge in [-0.1, -0.05) is 41.9 Å². The summed E-state index contributed by atoms with van der Waals surface area (Å²) in [6, 6.07) is 13.8. The summed E-state index contributed by atoms with van der Waals surface area (Å²) in [6.07, 6.45) is 0. The smallest absolute Gasteiger partial charge is 0.236 e. The van der Waals surface area contributed by atoms with Crippen LogP contribution in [0.25, 0.3) is 0 Å². The number of anilines is 1. The molecule has 0 unspecified atom stereocenters. The molecule has 0 saturated carbocycles. The van der Waals surface area contributed by atoms with E-state index in [9.17, 15) is 8.42 Å². The summed E-state index contributed by atoms with van der Waals surface area (Å²) >= 11 is 5.82. The van der Waals surface area contributed by atoms with Gasteiger partial charge in [0.2, 0.25) is 10.0 Å². The third-order valence-corrected chi connectivity index (χ3v) is 4.18. The topological polar surface area (TPSA) is 72.2 Å². The van der Waals surface area contributed by atoms with E-state index >= 15 is 0 Å². The first-order valence-electron chi connectivity index (χ1n) is 6.02. The van der Waals surface area contributed by atoms with E-state index in [0.29, 0.717) is 22.8 Å². The lowest BCUT2D eigenvalue weighted by atomic mass is 10.1. The average Bonchev–Trinajstić information content (AvgIpc) is 2.37. The molecule has 0 aliphatic carbocycles. The molecule has 0 aromatic heterocycles. The molecule has 20 heavy (non-hydrogen) atoms. The maximum Gasteiger partial charge on any atom is 0.236 e. The first kappa shape index (κ1) is 14.8. The quantitative estimate of drug-likeness (QED) is 0.892. The van der Waals surface area contributed by atoms with Gasteiger partial charge in [-0.05, 0) is 29.3 Å². The highest BCUT2D eigenvalue weighted by Gasteiger charge is 2.12. The molecule has 0 aliphatic heterocycles. The van der Waals surface area contributed by atoms with Gasteiger partial charge in [-0.25, -0.2) is 8.42 Å². The van der Waals surface area contributed by atoms with Crippen LogP contribution < -0.4 is 10.5 Å². The van der Waals surface area contributed by atoms with E-state index in [1.165, 1.54) is 0 Å². The Morgan fingerprint density at radius 3 is 2.45 bits per heavy atom. The Bertz CT molecular complexity index is 702. The van der Waals surface area contributed by atoms with E-state index < -0.39 is 10.0 Å². The van der Waals surface area contributed by atoms with Crippen LogP contribution in [0.15, 0.2) is 48.5 Å². The molecular weight excluding hydrogens is 296 g/mol. The van der Waals surface area contributed by atoms with Crippen LogP contribution in [0.2, 0.25) is 5.02 Å². The highest BCUT2D eigenvalue weighted by atomic mass is 35.5. The van der Waals surface area contributed by atoms with Crippen molar-refractivity contribution in [3.8, 4) is 0 Å². The Morgan fingerprint density at radius 1 is 1.05 bits per heavy atom. The van der Waals surface area contributed by atoms with Gasteiger partial charge in [-0.15, -0.1) is 0 Å². The van der Waals surface area contributed by atoms with Crippen LogP contribution in [-0.2, 0) is 22.3 Å². The van der Waals surface area contributed by atoms with Crippen molar-refractivity contribution in [2.24, 2.45) is 5.73 Å². The maximum absolute atomic E-state index is 12.1. The summed E-state index contributed by atoms with van der Waals surface area (Å²) in [4.78, 5) is 0. The molecule has 6 heteroatoms. The van der Waals surface area contributed by atoms with Gasteiger partial charge in [0.1, 0.15) is 0 Å². The third kappa shape index (κ3) is 4.23. The van der Waals surface area contributed by atoms with Gasteiger partial charge < -0.3 is 5.73 Å². The predicted octanol–water partition coefficient (Wildman–Crippen LogP) is 2.74. The van der Waals surface area contributed by atoms with Gasteiger partial charge in [0.25, 0.3) is 0 Å². The number of hydrogen-bond donors (Lipinski definition) is 2. The minimum Gasteiger partial charge on any atom is -0.326 e. The molecule has 2 aromatic rings. The van der Waals surface area contributed by atoms with E-state index in [1.54, 1.807) is 42.5 Å². The second-order valence-electron chi connectivity index (χ2n) is 4.40. The van der Waals surface area contributed by atoms with Gasteiger partial charge in [0, 0.05) is 17.3 Å². The molecule has 0 saturated heterocycles. The van der Waals surface area contributed by atoms with Crippen molar-refractivity contribution in [1.82, 2.24) is 0 Å². The first-order chi connectivity index (χ1) is 9.48. The van der Waals surface area contributed by atoms with Crippen molar-refractivity contribution in [3.63, 3.8) is 0 Å². The number of rotatable bonds is 5. The molecule has 0 heterocycles. The summed E-state index contributed by atoms with van der Waals surface area (Å²) in [5.41, 5.74) is 7.59. The molecule has 0 radical (unpaired) electrons. The standard InChI is InChI=1S/C14H15ClN2O2S/c15-13-5-2-6-14(8-13)17-20(18,19)10-12-4-1-3-11(7-12)9-16/h1-8,17H,9-10,16H2. The lowest BCUT2D eigenvalue weighted by Gasteiger charge is -2.09. The summed E-state index contributed by atoms with van der Waals surface area (Å²) in [5.74, 6) is -0.104.